The molecule has 0 aliphatic heterocycles. The highest BCUT2D eigenvalue weighted by Crippen LogP contribution is 2.34. The molecule has 0 fully saturated rings. The molecule has 4 aromatic carbocycles. The third-order valence-electron chi connectivity index (χ3n) is 7.21. The van der Waals surface area contributed by atoms with Crippen molar-refractivity contribution in [2.24, 2.45) is 0 Å². The van der Waals surface area contributed by atoms with Gasteiger partial charge in [0.2, 0.25) is 0 Å². The molecule has 38 heavy (non-hydrogen) atoms. The topological polar surface area (TPSA) is 42.5 Å². The summed E-state index contributed by atoms with van der Waals surface area (Å²) in [6, 6.07) is 42.2. The lowest BCUT2D eigenvalue weighted by molar-refractivity contribution is 0.0573. The summed E-state index contributed by atoms with van der Waals surface area (Å²) in [6.45, 7) is 4.40. The van der Waals surface area contributed by atoms with E-state index in [0.717, 1.165) is 11.1 Å². The van der Waals surface area contributed by atoms with E-state index in [1.165, 1.54) is 11.1 Å². The third kappa shape index (κ3) is 6.97. The number of hydrogen-bond donors (Lipinski definition) is 2. The highest BCUT2D eigenvalue weighted by Gasteiger charge is 2.32. The standard InChI is InChI=1S/C34H40N2O2/c1-25(33(37-3)29-21-13-7-14-22-29)35-31(27-17-9-5-10-18-27)32(28-19-11-6-12-20-28)36-26(2)34(38-4)30-23-15-8-16-24-30/h5-26,31-36H,1-4H3/t25-,26-,31+,32+,33-,34-/m0/s1. The summed E-state index contributed by atoms with van der Waals surface area (Å²) in [5, 5.41) is 7.91. The fraction of sp³-hybridized carbons (Fsp3) is 0.294. The van der Waals surface area contributed by atoms with E-state index in [9.17, 15) is 0 Å². The molecule has 0 radical (unpaired) electrons. The molecule has 6 atom stereocenters. The fourth-order valence-electron chi connectivity index (χ4n) is 5.37. The zero-order valence-corrected chi connectivity index (χ0v) is 22.8. The minimum Gasteiger partial charge on any atom is -0.375 e. The first kappa shape index (κ1) is 27.7. The molecule has 0 bridgehead atoms. The Hall–Kier alpha value is -3.28. The van der Waals surface area contributed by atoms with E-state index in [0.29, 0.717) is 0 Å². The zero-order valence-electron chi connectivity index (χ0n) is 22.8. The van der Waals surface area contributed by atoms with Crippen LogP contribution in [0.25, 0.3) is 0 Å². The van der Waals surface area contributed by atoms with Gasteiger partial charge in [-0.1, -0.05) is 121 Å². The molecule has 4 aromatic rings. The van der Waals surface area contributed by atoms with Gasteiger partial charge in [-0.3, -0.25) is 0 Å². The first-order valence-corrected chi connectivity index (χ1v) is 13.4. The van der Waals surface area contributed by atoms with Crippen LogP contribution in [0.4, 0.5) is 0 Å². The molecule has 2 N–H and O–H groups in total. The van der Waals surface area contributed by atoms with Gasteiger partial charge in [0.05, 0.1) is 24.3 Å². The Morgan fingerprint density at radius 2 is 0.684 bits per heavy atom. The fourth-order valence-corrected chi connectivity index (χ4v) is 5.37. The number of hydrogen-bond acceptors (Lipinski definition) is 4. The molecule has 0 aliphatic rings. The first-order chi connectivity index (χ1) is 18.6. The quantitative estimate of drug-likeness (QED) is 0.200. The van der Waals surface area contributed by atoms with Crippen LogP contribution in [-0.4, -0.2) is 26.3 Å². The summed E-state index contributed by atoms with van der Waals surface area (Å²) in [5.41, 5.74) is 4.74. The molecule has 0 saturated carbocycles. The van der Waals surface area contributed by atoms with Gasteiger partial charge < -0.3 is 20.1 Å². The molecular weight excluding hydrogens is 468 g/mol. The van der Waals surface area contributed by atoms with Gasteiger partial charge in [0.1, 0.15) is 0 Å². The van der Waals surface area contributed by atoms with Crippen LogP contribution in [0.3, 0.4) is 0 Å². The van der Waals surface area contributed by atoms with Crippen molar-refractivity contribution in [1.82, 2.24) is 10.6 Å². The average Bonchev–Trinajstić information content (AvgIpc) is 2.98. The molecular formula is C34H40N2O2. The summed E-state index contributed by atoms with van der Waals surface area (Å²) < 4.78 is 12.0. The normalized spacial score (nSPS) is 16.2. The molecule has 4 rings (SSSR count). The smallest absolute Gasteiger partial charge is 0.0971 e. The first-order valence-electron chi connectivity index (χ1n) is 13.4. The lowest BCUT2D eigenvalue weighted by atomic mass is 9.90. The second kappa shape index (κ2) is 14.0. The van der Waals surface area contributed by atoms with Gasteiger partial charge in [0.15, 0.2) is 0 Å². The molecule has 0 unspecified atom stereocenters. The van der Waals surface area contributed by atoms with Gasteiger partial charge in [-0.05, 0) is 36.1 Å². The lowest BCUT2D eigenvalue weighted by Crippen LogP contribution is -2.45. The predicted molar refractivity (Wildman–Crippen MR) is 156 cm³/mol. The molecule has 4 heteroatoms. The molecule has 0 aliphatic carbocycles. The van der Waals surface area contributed by atoms with E-state index in [1.807, 2.05) is 12.1 Å². The minimum absolute atomic E-state index is 0.0225. The highest BCUT2D eigenvalue weighted by molar-refractivity contribution is 5.29. The Bertz CT molecular complexity index is 1090. The van der Waals surface area contributed by atoms with E-state index in [2.05, 4.69) is 134 Å². The van der Waals surface area contributed by atoms with Crippen molar-refractivity contribution in [2.75, 3.05) is 14.2 Å². The Kier molecular flexibility index (Phi) is 10.2. The van der Waals surface area contributed by atoms with Crippen LogP contribution in [0.2, 0.25) is 0 Å². The van der Waals surface area contributed by atoms with Crippen LogP contribution in [0.15, 0.2) is 121 Å². The van der Waals surface area contributed by atoms with Crippen molar-refractivity contribution < 1.29 is 9.47 Å². The Morgan fingerprint density at radius 1 is 0.421 bits per heavy atom. The summed E-state index contributed by atoms with van der Waals surface area (Å²) >= 11 is 0. The van der Waals surface area contributed by atoms with Crippen LogP contribution < -0.4 is 10.6 Å². The van der Waals surface area contributed by atoms with E-state index < -0.39 is 0 Å². The minimum atomic E-state index is -0.0905. The van der Waals surface area contributed by atoms with Crippen molar-refractivity contribution in [3.05, 3.63) is 144 Å². The zero-order chi connectivity index (χ0) is 26.7. The Morgan fingerprint density at radius 3 is 0.947 bits per heavy atom. The average molecular weight is 509 g/mol. The van der Waals surface area contributed by atoms with Crippen molar-refractivity contribution in [3.63, 3.8) is 0 Å². The van der Waals surface area contributed by atoms with Gasteiger partial charge in [-0.25, -0.2) is 0 Å². The number of ether oxygens (including phenoxy) is 2. The second-order valence-electron chi connectivity index (χ2n) is 9.82. The number of rotatable bonds is 13. The molecule has 0 aromatic heterocycles. The van der Waals surface area contributed by atoms with Crippen LogP contribution in [0, 0.1) is 0 Å². The Balaban J connectivity index is 1.70. The molecule has 0 saturated heterocycles. The summed E-state index contributed by atoms with van der Waals surface area (Å²) in [7, 11) is 3.57. The maximum atomic E-state index is 6.01. The number of nitrogens with one attached hydrogen (secondary N) is 2. The van der Waals surface area contributed by atoms with Crippen molar-refractivity contribution in [2.45, 2.75) is 50.2 Å². The second-order valence-corrected chi connectivity index (χ2v) is 9.82. The number of methoxy groups -OCH3 is 2. The van der Waals surface area contributed by atoms with Crippen molar-refractivity contribution in [1.29, 1.82) is 0 Å². The van der Waals surface area contributed by atoms with Gasteiger partial charge in [0, 0.05) is 26.3 Å². The maximum Gasteiger partial charge on any atom is 0.0971 e. The van der Waals surface area contributed by atoms with E-state index in [4.69, 9.17) is 9.47 Å². The van der Waals surface area contributed by atoms with Crippen molar-refractivity contribution >= 4 is 0 Å². The molecule has 0 spiro atoms. The third-order valence-corrected chi connectivity index (χ3v) is 7.21. The molecule has 4 nitrogen and oxygen atoms in total. The lowest BCUT2D eigenvalue weighted by Gasteiger charge is -2.37. The van der Waals surface area contributed by atoms with Crippen LogP contribution in [0.5, 0.6) is 0 Å². The monoisotopic (exact) mass is 508 g/mol. The predicted octanol–water partition coefficient (Wildman–Crippen LogP) is 7.20. The van der Waals surface area contributed by atoms with E-state index in [1.54, 1.807) is 14.2 Å². The van der Waals surface area contributed by atoms with Crippen LogP contribution in [0.1, 0.15) is 60.4 Å². The number of benzene rings is 4. The summed E-state index contributed by atoms with van der Waals surface area (Å²) in [4.78, 5) is 0. The molecule has 0 amide bonds. The van der Waals surface area contributed by atoms with Gasteiger partial charge in [-0.15, -0.1) is 0 Å². The van der Waals surface area contributed by atoms with Gasteiger partial charge >= 0.3 is 0 Å². The van der Waals surface area contributed by atoms with Gasteiger partial charge in [0.25, 0.3) is 0 Å². The summed E-state index contributed by atoms with van der Waals surface area (Å²) in [6.07, 6.45) is -0.181. The molecule has 0 heterocycles. The SMILES string of the molecule is CO[C@H](c1ccccc1)[C@H](C)N[C@H](c1ccccc1)[C@H](N[C@@H](C)[C@H](OC)c1ccccc1)c1ccccc1. The molecule has 198 valence electrons. The van der Waals surface area contributed by atoms with Gasteiger partial charge in [-0.2, -0.15) is 0 Å². The maximum absolute atomic E-state index is 6.01. The largest absolute Gasteiger partial charge is 0.375 e. The Labute approximate surface area is 228 Å². The van der Waals surface area contributed by atoms with E-state index in [-0.39, 0.29) is 36.4 Å². The van der Waals surface area contributed by atoms with Crippen LogP contribution in [-0.2, 0) is 9.47 Å². The van der Waals surface area contributed by atoms with Crippen molar-refractivity contribution in [3.8, 4) is 0 Å². The van der Waals surface area contributed by atoms with E-state index >= 15 is 0 Å². The highest BCUT2D eigenvalue weighted by atomic mass is 16.5. The summed E-state index contributed by atoms with van der Waals surface area (Å²) in [5.74, 6) is 0. The van der Waals surface area contributed by atoms with Crippen LogP contribution >= 0.6 is 0 Å².